The minimum Gasteiger partial charge on any atom is -0.390 e. The van der Waals surface area contributed by atoms with E-state index in [4.69, 9.17) is 0 Å². The van der Waals surface area contributed by atoms with E-state index in [0.717, 1.165) is 31.5 Å². The summed E-state index contributed by atoms with van der Waals surface area (Å²) in [5.41, 5.74) is 1.00. The second kappa shape index (κ2) is 5.70. The third-order valence-corrected chi connectivity index (χ3v) is 3.78. The third-order valence-electron chi connectivity index (χ3n) is 3.78. The van der Waals surface area contributed by atoms with Crippen molar-refractivity contribution >= 4 is 5.91 Å². The van der Waals surface area contributed by atoms with Crippen molar-refractivity contribution in [1.29, 1.82) is 0 Å². The van der Waals surface area contributed by atoms with Crippen LogP contribution in [0.1, 0.15) is 49.2 Å². The Kier molecular flexibility index (Phi) is 4.20. The Labute approximate surface area is 114 Å². The molecule has 2 heterocycles. The molecular formula is C15H22N2O2. The minimum absolute atomic E-state index is 0.0507. The smallest absolute Gasteiger partial charge is 0.253 e. The van der Waals surface area contributed by atoms with Crippen LogP contribution in [0.25, 0.3) is 0 Å². The molecule has 0 spiro atoms. The summed E-state index contributed by atoms with van der Waals surface area (Å²) >= 11 is 0. The summed E-state index contributed by atoms with van der Waals surface area (Å²) in [6.45, 7) is 5.22. The van der Waals surface area contributed by atoms with Gasteiger partial charge in [-0.15, -0.1) is 0 Å². The van der Waals surface area contributed by atoms with Crippen LogP contribution in [0.4, 0.5) is 0 Å². The summed E-state index contributed by atoms with van der Waals surface area (Å²) in [7, 11) is 0. The van der Waals surface area contributed by atoms with Crippen molar-refractivity contribution in [2.24, 2.45) is 0 Å². The van der Waals surface area contributed by atoms with Crippen molar-refractivity contribution in [2.75, 3.05) is 13.1 Å². The van der Waals surface area contributed by atoms with E-state index in [2.05, 4.69) is 4.98 Å². The van der Waals surface area contributed by atoms with Crippen LogP contribution in [0.5, 0.6) is 0 Å². The van der Waals surface area contributed by atoms with Gasteiger partial charge in [-0.1, -0.05) is 6.92 Å². The molecule has 104 valence electrons. The predicted molar refractivity (Wildman–Crippen MR) is 74.0 cm³/mol. The molecule has 1 amide bonds. The Morgan fingerprint density at radius 2 is 2.26 bits per heavy atom. The van der Waals surface area contributed by atoms with Gasteiger partial charge in [0.1, 0.15) is 0 Å². The first-order valence-corrected chi connectivity index (χ1v) is 6.98. The van der Waals surface area contributed by atoms with Crippen molar-refractivity contribution in [3.05, 3.63) is 29.6 Å². The largest absolute Gasteiger partial charge is 0.390 e. The fraction of sp³-hybridized carbons (Fsp3) is 0.600. The van der Waals surface area contributed by atoms with Crippen LogP contribution < -0.4 is 0 Å². The van der Waals surface area contributed by atoms with E-state index in [-0.39, 0.29) is 5.91 Å². The summed E-state index contributed by atoms with van der Waals surface area (Å²) in [4.78, 5) is 18.5. The molecule has 1 aromatic rings. The molecule has 1 aliphatic heterocycles. The number of aryl methyl sites for hydroxylation is 1. The first kappa shape index (κ1) is 14.0. The average Bonchev–Trinajstić information content (AvgIpc) is 2.59. The lowest BCUT2D eigenvalue weighted by atomic mass is 9.98. The van der Waals surface area contributed by atoms with Gasteiger partial charge in [-0.2, -0.15) is 0 Å². The predicted octanol–water partition coefficient (Wildman–Crippen LogP) is 2.02. The maximum absolute atomic E-state index is 12.4. The Morgan fingerprint density at radius 1 is 1.47 bits per heavy atom. The standard InChI is InChI=1S/C15H22N2O2/c1-3-13-11-12(5-8-16-13)14(18)17-9-4-6-15(2,19)7-10-17/h5,8,11,19H,3-4,6-7,9-10H2,1-2H3/t15-/m1/s1. The SMILES string of the molecule is CCc1cc(C(=O)N2CCC[C@@](C)(O)CC2)ccn1. The molecule has 0 saturated carbocycles. The van der Waals surface area contributed by atoms with E-state index in [1.807, 2.05) is 24.8 Å². The van der Waals surface area contributed by atoms with Crippen LogP contribution in [-0.2, 0) is 6.42 Å². The molecule has 1 atom stereocenters. The summed E-state index contributed by atoms with van der Waals surface area (Å²) in [6, 6.07) is 3.63. The lowest BCUT2D eigenvalue weighted by Gasteiger charge is -2.22. The number of hydrogen-bond donors (Lipinski definition) is 1. The van der Waals surface area contributed by atoms with Gasteiger partial charge in [0.05, 0.1) is 5.60 Å². The van der Waals surface area contributed by atoms with Gasteiger partial charge >= 0.3 is 0 Å². The average molecular weight is 262 g/mol. The molecule has 2 rings (SSSR count). The first-order valence-electron chi connectivity index (χ1n) is 6.98. The van der Waals surface area contributed by atoms with Crippen LogP contribution in [-0.4, -0.2) is 39.6 Å². The van der Waals surface area contributed by atoms with Crippen LogP contribution in [0.2, 0.25) is 0 Å². The molecule has 19 heavy (non-hydrogen) atoms. The fourth-order valence-corrected chi connectivity index (χ4v) is 2.45. The number of aromatic nitrogens is 1. The Morgan fingerprint density at radius 3 is 3.00 bits per heavy atom. The van der Waals surface area contributed by atoms with Gasteiger partial charge in [-0.25, -0.2) is 0 Å². The van der Waals surface area contributed by atoms with Crippen molar-refractivity contribution in [1.82, 2.24) is 9.88 Å². The molecular weight excluding hydrogens is 240 g/mol. The van der Waals surface area contributed by atoms with Crippen molar-refractivity contribution in [3.8, 4) is 0 Å². The zero-order valence-electron chi connectivity index (χ0n) is 11.7. The van der Waals surface area contributed by atoms with E-state index in [9.17, 15) is 9.90 Å². The van der Waals surface area contributed by atoms with Gasteiger partial charge in [0.25, 0.3) is 5.91 Å². The Hall–Kier alpha value is -1.42. The van der Waals surface area contributed by atoms with Gasteiger partial charge in [-0.05, 0) is 44.7 Å². The highest BCUT2D eigenvalue weighted by Gasteiger charge is 2.27. The highest BCUT2D eigenvalue weighted by atomic mass is 16.3. The molecule has 1 N–H and O–H groups in total. The number of nitrogens with zero attached hydrogens (tertiary/aromatic N) is 2. The Bertz CT molecular complexity index is 457. The molecule has 4 heteroatoms. The molecule has 1 aromatic heterocycles. The second-order valence-corrected chi connectivity index (χ2v) is 5.53. The maximum Gasteiger partial charge on any atom is 0.253 e. The maximum atomic E-state index is 12.4. The molecule has 0 bridgehead atoms. The monoisotopic (exact) mass is 262 g/mol. The van der Waals surface area contributed by atoms with Gasteiger partial charge in [0, 0.05) is 30.5 Å². The van der Waals surface area contributed by atoms with Crippen molar-refractivity contribution < 1.29 is 9.90 Å². The molecule has 4 nitrogen and oxygen atoms in total. The second-order valence-electron chi connectivity index (χ2n) is 5.53. The van der Waals surface area contributed by atoms with Crippen molar-refractivity contribution in [2.45, 2.75) is 45.1 Å². The first-order chi connectivity index (χ1) is 9.02. The van der Waals surface area contributed by atoms with Gasteiger partial charge in [-0.3, -0.25) is 9.78 Å². The summed E-state index contributed by atoms with van der Waals surface area (Å²) in [6.07, 6.45) is 4.78. The fourth-order valence-electron chi connectivity index (χ4n) is 2.45. The highest BCUT2D eigenvalue weighted by Crippen LogP contribution is 2.22. The number of aliphatic hydroxyl groups is 1. The lowest BCUT2D eigenvalue weighted by Crippen LogP contribution is -2.33. The molecule has 1 fully saturated rings. The van der Waals surface area contributed by atoms with Crippen LogP contribution in [0, 0.1) is 0 Å². The van der Waals surface area contributed by atoms with Crippen LogP contribution >= 0.6 is 0 Å². The van der Waals surface area contributed by atoms with Crippen molar-refractivity contribution in [3.63, 3.8) is 0 Å². The molecule has 0 radical (unpaired) electrons. The minimum atomic E-state index is -0.637. The van der Waals surface area contributed by atoms with E-state index in [0.29, 0.717) is 18.5 Å². The number of amides is 1. The normalized spacial score (nSPS) is 24.1. The number of pyridine rings is 1. The number of rotatable bonds is 2. The highest BCUT2D eigenvalue weighted by molar-refractivity contribution is 5.94. The Balaban J connectivity index is 2.10. The van der Waals surface area contributed by atoms with Crippen LogP contribution in [0.3, 0.4) is 0 Å². The summed E-state index contributed by atoms with van der Waals surface area (Å²) in [5.74, 6) is 0.0507. The molecule has 0 aliphatic carbocycles. The third kappa shape index (κ3) is 3.53. The van der Waals surface area contributed by atoms with Gasteiger partial charge in [0.15, 0.2) is 0 Å². The molecule has 0 unspecified atom stereocenters. The topological polar surface area (TPSA) is 53.4 Å². The molecule has 1 aliphatic rings. The van der Waals surface area contributed by atoms with Gasteiger partial charge in [0.2, 0.25) is 0 Å². The molecule has 0 aromatic carbocycles. The van der Waals surface area contributed by atoms with E-state index in [1.54, 1.807) is 12.3 Å². The summed E-state index contributed by atoms with van der Waals surface area (Å²) < 4.78 is 0. The number of hydrogen-bond acceptors (Lipinski definition) is 3. The number of carbonyl (C=O) groups is 1. The van der Waals surface area contributed by atoms with Crippen LogP contribution in [0.15, 0.2) is 18.3 Å². The zero-order chi connectivity index (χ0) is 13.9. The molecule has 1 saturated heterocycles. The number of carbonyl (C=O) groups excluding carboxylic acids is 1. The van der Waals surface area contributed by atoms with E-state index in [1.165, 1.54) is 0 Å². The summed E-state index contributed by atoms with van der Waals surface area (Å²) in [5, 5.41) is 10.1. The number of likely N-dealkylation sites (tertiary alicyclic amines) is 1. The van der Waals surface area contributed by atoms with E-state index < -0.39 is 5.60 Å². The van der Waals surface area contributed by atoms with E-state index >= 15 is 0 Å². The van der Waals surface area contributed by atoms with Gasteiger partial charge < -0.3 is 10.0 Å². The zero-order valence-corrected chi connectivity index (χ0v) is 11.7. The lowest BCUT2D eigenvalue weighted by molar-refractivity contribution is 0.0438. The quantitative estimate of drug-likeness (QED) is 0.887.